The molecule has 1 fully saturated rings. The minimum absolute atomic E-state index is 0.553. The molecule has 0 radical (unpaired) electrons. The molecule has 1 saturated carbocycles. The van der Waals surface area contributed by atoms with E-state index in [1.54, 1.807) is 0 Å². The van der Waals surface area contributed by atoms with Crippen LogP contribution in [0.1, 0.15) is 51.3 Å². The van der Waals surface area contributed by atoms with E-state index in [4.69, 9.17) is 11.6 Å². The zero-order chi connectivity index (χ0) is 13.0. The summed E-state index contributed by atoms with van der Waals surface area (Å²) in [4.78, 5) is 11.1. The molecule has 2 rings (SSSR count). The molecule has 1 aliphatic carbocycles. The van der Waals surface area contributed by atoms with Crippen molar-refractivity contribution in [2.75, 3.05) is 11.9 Å². The fourth-order valence-corrected chi connectivity index (χ4v) is 2.82. The number of hydrogen-bond donors (Lipinski definition) is 0. The van der Waals surface area contributed by atoms with Gasteiger partial charge in [0.05, 0.1) is 0 Å². The van der Waals surface area contributed by atoms with Crippen LogP contribution in [0, 0.1) is 0 Å². The third-order valence-corrected chi connectivity index (χ3v) is 3.97. The van der Waals surface area contributed by atoms with E-state index in [1.807, 2.05) is 6.07 Å². The van der Waals surface area contributed by atoms with Gasteiger partial charge in [-0.2, -0.15) is 0 Å². The molecule has 4 heteroatoms. The molecule has 3 nitrogen and oxygen atoms in total. The van der Waals surface area contributed by atoms with Crippen molar-refractivity contribution in [2.45, 2.75) is 57.9 Å². The Kier molecular flexibility index (Phi) is 4.81. The van der Waals surface area contributed by atoms with E-state index in [9.17, 15) is 0 Å². The topological polar surface area (TPSA) is 29.0 Å². The first-order valence-electron chi connectivity index (χ1n) is 6.97. The molecule has 18 heavy (non-hydrogen) atoms. The molecule has 1 aliphatic rings. The number of hydrogen-bond acceptors (Lipinski definition) is 3. The maximum atomic E-state index is 6.07. The Labute approximate surface area is 115 Å². The third-order valence-electron chi connectivity index (χ3n) is 3.78. The van der Waals surface area contributed by atoms with Crippen LogP contribution in [-0.2, 0) is 6.42 Å². The van der Waals surface area contributed by atoms with Gasteiger partial charge in [-0.3, -0.25) is 0 Å². The van der Waals surface area contributed by atoms with Crippen LogP contribution in [0.3, 0.4) is 0 Å². The lowest BCUT2D eigenvalue weighted by molar-refractivity contribution is 0.548. The molecular weight excluding hydrogens is 246 g/mol. The molecule has 0 bridgehead atoms. The zero-order valence-corrected chi connectivity index (χ0v) is 12.1. The number of aryl methyl sites for hydroxylation is 1. The number of anilines is 1. The molecule has 0 unspecified atom stereocenters. The van der Waals surface area contributed by atoms with Crippen molar-refractivity contribution in [3.8, 4) is 0 Å². The SMILES string of the molecule is CCc1nc(Cl)cc(N(C)C2CCCCCC2)n1. The maximum absolute atomic E-state index is 6.07. The van der Waals surface area contributed by atoms with Gasteiger partial charge in [0.1, 0.15) is 16.8 Å². The summed E-state index contributed by atoms with van der Waals surface area (Å²) < 4.78 is 0. The Hall–Kier alpha value is -0.830. The van der Waals surface area contributed by atoms with Gasteiger partial charge >= 0.3 is 0 Å². The number of nitrogens with zero attached hydrogens (tertiary/aromatic N) is 3. The number of aromatic nitrogens is 2. The maximum Gasteiger partial charge on any atom is 0.134 e. The van der Waals surface area contributed by atoms with Crippen LogP contribution < -0.4 is 4.90 Å². The van der Waals surface area contributed by atoms with Gasteiger partial charge in [0.15, 0.2) is 0 Å². The van der Waals surface area contributed by atoms with E-state index in [2.05, 4.69) is 28.8 Å². The second-order valence-corrected chi connectivity index (χ2v) is 5.46. The molecule has 1 aromatic rings. The monoisotopic (exact) mass is 267 g/mol. The predicted octanol–water partition coefficient (Wildman–Crippen LogP) is 3.85. The van der Waals surface area contributed by atoms with Gasteiger partial charge in [0.25, 0.3) is 0 Å². The second kappa shape index (κ2) is 6.37. The fraction of sp³-hybridized carbons (Fsp3) is 0.714. The lowest BCUT2D eigenvalue weighted by atomic mass is 10.1. The van der Waals surface area contributed by atoms with Crippen LogP contribution in [0.15, 0.2) is 6.07 Å². The second-order valence-electron chi connectivity index (χ2n) is 5.07. The fourth-order valence-electron chi connectivity index (χ4n) is 2.62. The average molecular weight is 268 g/mol. The molecule has 0 aliphatic heterocycles. The van der Waals surface area contributed by atoms with Crippen molar-refractivity contribution >= 4 is 17.4 Å². The first-order chi connectivity index (χ1) is 8.70. The van der Waals surface area contributed by atoms with E-state index in [0.717, 1.165) is 18.1 Å². The van der Waals surface area contributed by atoms with Crippen LogP contribution in [-0.4, -0.2) is 23.1 Å². The quantitative estimate of drug-likeness (QED) is 0.615. The summed E-state index contributed by atoms with van der Waals surface area (Å²) >= 11 is 6.07. The standard InChI is InChI=1S/C14H22ClN3/c1-3-13-16-12(15)10-14(17-13)18(2)11-8-6-4-5-7-9-11/h10-11H,3-9H2,1-2H3. The minimum atomic E-state index is 0.553. The molecule has 1 aromatic heterocycles. The van der Waals surface area contributed by atoms with E-state index in [-0.39, 0.29) is 0 Å². The van der Waals surface area contributed by atoms with E-state index in [1.165, 1.54) is 38.5 Å². The smallest absolute Gasteiger partial charge is 0.134 e. The molecule has 0 aromatic carbocycles. The summed E-state index contributed by atoms with van der Waals surface area (Å²) in [5, 5.41) is 0.553. The molecule has 0 atom stereocenters. The average Bonchev–Trinajstić information content (AvgIpc) is 2.65. The molecule has 0 amide bonds. The van der Waals surface area contributed by atoms with Crippen LogP contribution in [0.4, 0.5) is 5.82 Å². The van der Waals surface area contributed by atoms with Gasteiger partial charge in [0, 0.05) is 25.6 Å². The first kappa shape index (κ1) is 13.6. The summed E-state index contributed by atoms with van der Waals surface area (Å²) in [6.07, 6.45) is 8.75. The number of halogens is 1. The van der Waals surface area contributed by atoms with Gasteiger partial charge in [0.2, 0.25) is 0 Å². The minimum Gasteiger partial charge on any atom is -0.357 e. The van der Waals surface area contributed by atoms with Crippen LogP contribution in [0.25, 0.3) is 0 Å². The Balaban J connectivity index is 2.15. The molecule has 0 spiro atoms. The van der Waals surface area contributed by atoms with Gasteiger partial charge in [-0.05, 0) is 12.8 Å². The van der Waals surface area contributed by atoms with Crippen LogP contribution in [0.2, 0.25) is 5.15 Å². The van der Waals surface area contributed by atoms with Crippen LogP contribution >= 0.6 is 11.6 Å². The Morgan fingerprint density at radius 1 is 1.22 bits per heavy atom. The van der Waals surface area contributed by atoms with Crippen molar-refractivity contribution in [3.63, 3.8) is 0 Å². The van der Waals surface area contributed by atoms with Gasteiger partial charge < -0.3 is 4.90 Å². The van der Waals surface area contributed by atoms with Gasteiger partial charge in [-0.25, -0.2) is 9.97 Å². The van der Waals surface area contributed by atoms with Crippen molar-refractivity contribution in [2.24, 2.45) is 0 Å². The van der Waals surface area contributed by atoms with Gasteiger partial charge in [-0.15, -0.1) is 0 Å². The van der Waals surface area contributed by atoms with Crippen molar-refractivity contribution in [1.82, 2.24) is 9.97 Å². The highest BCUT2D eigenvalue weighted by atomic mass is 35.5. The lowest BCUT2D eigenvalue weighted by Gasteiger charge is -2.28. The first-order valence-corrected chi connectivity index (χ1v) is 7.34. The molecule has 0 saturated heterocycles. The summed E-state index contributed by atoms with van der Waals surface area (Å²) in [5.74, 6) is 1.80. The summed E-state index contributed by atoms with van der Waals surface area (Å²) in [7, 11) is 2.13. The van der Waals surface area contributed by atoms with Crippen molar-refractivity contribution in [3.05, 3.63) is 17.0 Å². The van der Waals surface area contributed by atoms with E-state index < -0.39 is 0 Å². The highest BCUT2D eigenvalue weighted by Crippen LogP contribution is 2.25. The largest absolute Gasteiger partial charge is 0.357 e. The van der Waals surface area contributed by atoms with Crippen LogP contribution in [0.5, 0.6) is 0 Å². The van der Waals surface area contributed by atoms with Crippen molar-refractivity contribution < 1.29 is 0 Å². The van der Waals surface area contributed by atoms with Crippen molar-refractivity contribution in [1.29, 1.82) is 0 Å². The van der Waals surface area contributed by atoms with E-state index in [0.29, 0.717) is 11.2 Å². The molecular formula is C14H22ClN3. The van der Waals surface area contributed by atoms with E-state index >= 15 is 0 Å². The Morgan fingerprint density at radius 2 is 1.89 bits per heavy atom. The predicted molar refractivity (Wildman–Crippen MR) is 76.3 cm³/mol. The summed E-state index contributed by atoms with van der Waals surface area (Å²) in [6.45, 7) is 2.06. The molecule has 1 heterocycles. The van der Waals surface area contributed by atoms with Gasteiger partial charge in [-0.1, -0.05) is 44.2 Å². The Morgan fingerprint density at radius 3 is 2.50 bits per heavy atom. The highest BCUT2D eigenvalue weighted by molar-refractivity contribution is 6.29. The highest BCUT2D eigenvalue weighted by Gasteiger charge is 2.19. The molecule has 100 valence electrons. The Bertz CT molecular complexity index is 387. The normalized spacial score (nSPS) is 17.5. The number of rotatable bonds is 3. The zero-order valence-electron chi connectivity index (χ0n) is 11.3. The molecule has 0 N–H and O–H groups in total. The lowest BCUT2D eigenvalue weighted by Crippen LogP contribution is -2.32. The summed E-state index contributed by atoms with van der Waals surface area (Å²) in [5.41, 5.74) is 0. The summed E-state index contributed by atoms with van der Waals surface area (Å²) in [6, 6.07) is 2.48. The third kappa shape index (κ3) is 3.35.